The fraction of sp³-hybridized carbons (Fsp3) is 0.692. The molecule has 0 amide bonds. The molecule has 0 spiro atoms. The molecule has 2 unspecified atom stereocenters. The van der Waals surface area contributed by atoms with E-state index in [2.05, 4.69) is 27.1 Å². The molecule has 2 aliphatic heterocycles. The van der Waals surface area contributed by atoms with Gasteiger partial charge in [-0.25, -0.2) is 4.98 Å². The van der Waals surface area contributed by atoms with Crippen molar-refractivity contribution in [2.45, 2.75) is 19.4 Å². The van der Waals surface area contributed by atoms with E-state index in [9.17, 15) is 0 Å². The van der Waals surface area contributed by atoms with Crippen LogP contribution >= 0.6 is 0 Å². The monoisotopic (exact) mass is 264 g/mol. The van der Waals surface area contributed by atoms with Gasteiger partial charge in [0.2, 0.25) is 5.88 Å². The lowest BCUT2D eigenvalue weighted by molar-refractivity contribution is 0.185. The summed E-state index contributed by atoms with van der Waals surface area (Å²) < 4.78 is 11.0. The molecule has 1 aromatic heterocycles. The Hall–Kier alpha value is -1.56. The first kappa shape index (κ1) is 12.5. The average molecular weight is 264 g/mol. The van der Waals surface area contributed by atoms with E-state index in [0.717, 1.165) is 44.2 Å². The molecule has 2 atom stereocenters. The quantitative estimate of drug-likeness (QED) is 0.883. The molecular formula is C13H20N4O2. The van der Waals surface area contributed by atoms with Gasteiger partial charge in [0.05, 0.1) is 26.4 Å². The lowest BCUT2D eigenvalue weighted by atomic mass is 10.0. The molecule has 1 saturated heterocycles. The molecule has 1 N–H and O–H groups in total. The molecule has 3 rings (SSSR count). The van der Waals surface area contributed by atoms with E-state index in [4.69, 9.17) is 9.47 Å². The number of nitrogens with one attached hydrogen (secondary N) is 1. The Bertz CT molecular complexity index is 454. The molecule has 0 bridgehead atoms. The Morgan fingerprint density at radius 1 is 1.47 bits per heavy atom. The fourth-order valence-electron chi connectivity index (χ4n) is 2.92. The molecule has 6 heteroatoms. The van der Waals surface area contributed by atoms with E-state index in [1.807, 2.05) is 0 Å². The van der Waals surface area contributed by atoms with E-state index in [1.54, 1.807) is 13.4 Å². The number of fused-ring (bicyclic) bond motifs is 2. The van der Waals surface area contributed by atoms with Gasteiger partial charge in [-0.1, -0.05) is 6.92 Å². The molecular weight excluding hydrogens is 244 g/mol. The normalized spacial score (nSPS) is 25.3. The van der Waals surface area contributed by atoms with E-state index in [-0.39, 0.29) is 0 Å². The summed E-state index contributed by atoms with van der Waals surface area (Å²) in [4.78, 5) is 11.0. The summed E-state index contributed by atoms with van der Waals surface area (Å²) in [5, 5.41) is 3.43. The Kier molecular flexibility index (Phi) is 3.42. The molecule has 0 aliphatic carbocycles. The minimum Gasteiger partial charge on any atom is -0.479 e. The van der Waals surface area contributed by atoms with Crippen molar-refractivity contribution in [3.05, 3.63) is 6.33 Å². The number of rotatable bonds is 3. The van der Waals surface area contributed by atoms with Crippen LogP contribution < -0.4 is 15.0 Å². The highest BCUT2D eigenvalue weighted by molar-refractivity contribution is 5.72. The van der Waals surface area contributed by atoms with Crippen LogP contribution in [0.5, 0.6) is 5.88 Å². The third-order valence-electron chi connectivity index (χ3n) is 3.83. The second-order valence-corrected chi connectivity index (χ2v) is 5.02. The second-order valence-electron chi connectivity index (χ2n) is 5.02. The lowest BCUT2D eigenvalue weighted by Gasteiger charge is -2.30. The molecule has 0 radical (unpaired) electrons. The van der Waals surface area contributed by atoms with Gasteiger partial charge in [-0.2, -0.15) is 4.98 Å². The highest BCUT2D eigenvalue weighted by atomic mass is 16.5. The van der Waals surface area contributed by atoms with Gasteiger partial charge in [0.25, 0.3) is 0 Å². The van der Waals surface area contributed by atoms with Crippen LogP contribution in [-0.2, 0) is 4.74 Å². The van der Waals surface area contributed by atoms with Gasteiger partial charge in [0.15, 0.2) is 5.82 Å². The summed E-state index contributed by atoms with van der Waals surface area (Å²) in [6.45, 7) is 5.61. The van der Waals surface area contributed by atoms with Crippen molar-refractivity contribution in [2.75, 3.05) is 43.6 Å². The molecule has 19 heavy (non-hydrogen) atoms. The average Bonchev–Trinajstić information content (AvgIpc) is 2.85. The number of methoxy groups -OCH3 is 1. The second kappa shape index (κ2) is 5.21. The van der Waals surface area contributed by atoms with Crippen molar-refractivity contribution in [3.8, 4) is 5.88 Å². The van der Waals surface area contributed by atoms with Gasteiger partial charge < -0.3 is 19.7 Å². The molecule has 3 heterocycles. The van der Waals surface area contributed by atoms with Crippen LogP contribution in [0, 0.1) is 5.92 Å². The zero-order valence-electron chi connectivity index (χ0n) is 11.4. The molecule has 2 aliphatic rings. The molecule has 1 fully saturated rings. The van der Waals surface area contributed by atoms with Crippen molar-refractivity contribution >= 4 is 11.5 Å². The summed E-state index contributed by atoms with van der Waals surface area (Å²) in [5.74, 6) is 2.05. The standard InChI is InChI=1S/C13H20N4O2/c1-3-4-17-10-7-19-6-9(10)5-14-11-12(17)15-8-16-13(11)18-2/h8-10,14H,3-7H2,1-2H3. The van der Waals surface area contributed by atoms with Gasteiger partial charge >= 0.3 is 0 Å². The lowest BCUT2D eigenvalue weighted by Crippen LogP contribution is -2.41. The van der Waals surface area contributed by atoms with Crippen LogP contribution in [0.1, 0.15) is 13.3 Å². The Morgan fingerprint density at radius 3 is 3.16 bits per heavy atom. The molecule has 1 aromatic rings. The Balaban J connectivity index is 2.03. The SMILES string of the molecule is CCCN1c2ncnc(OC)c2NCC2COCC21. The Morgan fingerprint density at radius 2 is 2.37 bits per heavy atom. The number of anilines is 2. The summed E-state index contributed by atoms with van der Waals surface area (Å²) >= 11 is 0. The Labute approximate surface area is 113 Å². The zero-order valence-corrected chi connectivity index (χ0v) is 11.4. The van der Waals surface area contributed by atoms with Crippen LogP contribution in [0.15, 0.2) is 6.33 Å². The predicted octanol–water partition coefficient (Wildman–Crippen LogP) is 1.14. The van der Waals surface area contributed by atoms with Gasteiger partial charge in [0, 0.05) is 19.0 Å². The summed E-state index contributed by atoms with van der Waals surface area (Å²) in [5.41, 5.74) is 0.910. The van der Waals surface area contributed by atoms with Crippen molar-refractivity contribution in [3.63, 3.8) is 0 Å². The summed E-state index contributed by atoms with van der Waals surface area (Å²) in [6, 6.07) is 0.397. The van der Waals surface area contributed by atoms with E-state index in [1.165, 1.54) is 0 Å². The first-order valence-electron chi connectivity index (χ1n) is 6.82. The van der Waals surface area contributed by atoms with Crippen molar-refractivity contribution < 1.29 is 9.47 Å². The number of hydrogen-bond donors (Lipinski definition) is 1. The summed E-state index contributed by atoms with van der Waals surface area (Å²) in [6.07, 6.45) is 2.65. The highest BCUT2D eigenvalue weighted by Crippen LogP contribution is 2.37. The minimum absolute atomic E-state index is 0.397. The minimum atomic E-state index is 0.397. The first-order valence-corrected chi connectivity index (χ1v) is 6.82. The van der Waals surface area contributed by atoms with E-state index < -0.39 is 0 Å². The van der Waals surface area contributed by atoms with E-state index in [0.29, 0.717) is 17.8 Å². The van der Waals surface area contributed by atoms with Crippen LogP contribution in [-0.4, -0.2) is 49.4 Å². The third-order valence-corrected chi connectivity index (χ3v) is 3.83. The topological polar surface area (TPSA) is 59.5 Å². The van der Waals surface area contributed by atoms with Gasteiger partial charge in [-0.3, -0.25) is 0 Å². The maximum absolute atomic E-state index is 5.64. The van der Waals surface area contributed by atoms with Crippen LogP contribution in [0.3, 0.4) is 0 Å². The maximum Gasteiger partial charge on any atom is 0.242 e. The maximum atomic E-state index is 5.64. The molecule has 0 saturated carbocycles. The number of hydrogen-bond acceptors (Lipinski definition) is 6. The van der Waals surface area contributed by atoms with Crippen molar-refractivity contribution in [2.24, 2.45) is 5.92 Å². The van der Waals surface area contributed by atoms with Crippen LogP contribution in [0.2, 0.25) is 0 Å². The van der Waals surface area contributed by atoms with Gasteiger partial charge in [0.1, 0.15) is 12.0 Å². The van der Waals surface area contributed by atoms with Gasteiger partial charge in [-0.15, -0.1) is 0 Å². The summed E-state index contributed by atoms with van der Waals surface area (Å²) in [7, 11) is 1.64. The van der Waals surface area contributed by atoms with Crippen LogP contribution in [0.25, 0.3) is 0 Å². The van der Waals surface area contributed by atoms with Crippen molar-refractivity contribution in [1.82, 2.24) is 9.97 Å². The fourth-order valence-corrected chi connectivity index (χ4v) is 2.92. The smallest absolute Gasteiger partial charge is 0.242 e. The number of ether oxygens (including phenoxy) is 2. The number of nitrogens with zero attached hydrogens (tertiary/aromatic N) is 3. The first-order chi connectivity index (χ1) is 9.35. The van der Waals surface area contributed by atoms with E-state index >= 15 is 0 Å². The number of aromatic nitrogens is 2. The largest absolute Gasteiger partial charge is 0.479 e. The molecule has 0 aromatic carbocycles. The molecule has 104 valence electrons. The molecule has 6 nitrogen and oxygen atoms in total. The zero-order chi connectivity index (χ0) is 13.2. The highest BCUT2D eigenvalue weighted by Gasteiger charge is 2.37. The van der Waals surface area contributed by atoms with Crippen molar-refractivity contribution in [1.29, 1.82) is 0 Å². The predicted molar refractivity (Wildman–Crippen MR) is 72.8 cm³/mol. The van der Waals surface area contributed by atoms with Gasteiger partial charge in [-0.05, 0) is 6.42 Å². The third kappa shape index (κ3) is 2.10. The van der Waals surface area contributed by atoms with Crippen LogP contribution in [0.4, 0.5) is 11.5 Å².